The lowest BCUT2D eigenvalue weighted by Crippen LogP contribution is -2.38. The molecular formula is C31H32ClN7O3. The van der Waals surface area contributed by atoms with Crippen LogP contribution in [0.2, 0.25) is 5.15 Å². The number of aryl methyl sites for hydroxylation is 1. The second kappa shape index (κ2) is 11.9. The molecule has 1 aliphatic rings. The highest BCUT2D eigenvalue weighted by Crippen LogP contribution is 2.30. The first-order chi connectivity index (χ1) is 20.1. The zero-order valence-corrected chi connectivity index (χ0v) is 24.8. The molecule has 0 spiro atoms. The predicted molar refractivity (Wildman–Crippen MR) is 161 cm³/mol. The van der Waals surface area contributed by atoms with Crippen molar-refractivity contribution in [3.63, 3.8) is 0 Å². The Kier molecular flexibility index (Phi) is 8.25. The Labute approximate surface area is 248 Å². The molecule has 0 bridgehead atoms. The number of pyridine rings is 2. The van der Waals surface area contributed by atoms with Crippen LogP contribution >= 0.6 is 11.6 Å². The van der Waals surface area contributed by atoms with E-state index in [2.05, 4.69) is 26.3 Å². The first-order valence-electron chi connectivity index (χ1n) is 13.7. The smallest absolute Gasteiger partial charge is 0.272 e. The predicted octanol–water partition coefficient (Wildman–Crippen LogP) is 4.44. The Morgan fingerprint density at radius 1 is 1.24 bits per heavy atom. The monoisotopic (exact) mass is 585 g/mol. The maximum absolute atomic E-state index is 13.4. The van der Waals surface area contributed by atoms with E-state index in [0.717, 1.165) is 29.3 Å². The number of amides is 1. The van der Waals surface area contributed by atoms with E-state index >= 15 is 0 Å². The lowest BCUT2D eigenvalue weighted by molar-refractivity contribution is 0.0625. The summed E-state index contributed by atoms with van der Waals surface area (Å²) in [6.07, 6.45) is 5.44. The number of hydrogen-bond acceptors (Lipinski definition) is 8. The molecule has 1 amide bonds. The summed E-state index contributed by atoms with van der Waals surface area (Å²) in [6, 6.07) is 12.9. The van der Waals surface area contributed by atoms with Crippen LogP contribution in [0.3, 0.4) is 0 Å². The van der Waals surface area contributed by atoms with Crippen molar-refractivity contribution in [2.24, 2.45) is 7.05 Å². The van der Waals surface area contributed by atoms with Crippen LogP contribution in [0, 0.1) is 11.3 Å². The van der Waals surface area contributed by atoms with Crippen LogP contribution < -0.4 is 10.9 Å². The molecule has 1 atom stereocenters. The molecule has 42 heavy (non-hydrogen) atoms. The number of likely N-dealkylation sites (tertiary alicyclic amines) is 1. The highest BCUT2D eigenvalue weighted by Gasteiger charge is 2.31. The van der Waals surface area contributed by atoms with Gasteiger partial charge in [0.15, 0.2) is 5.82 Å². The maximum Gasteiger partial charge on any atom is 0.272 e. The first-order valence-corrected chi connectivity index (χ1v) is 14.1. The molecule has 1 fully saturated rings. The number of carbonyl (C=O) groups excluding carboxylic acids is 1. The molecule has 4 aromatic rings. The first kappa shape index (κ1) is 29.2. The third-order valence-electron chi connectivity index (χ3n) is 7.66. The van der Waals surface area contributed by atoms with E-state index in [9.17, 15) is 14.9 Å². The number of benzene rings is 1. The lowest BCUT2D eigenvalue weighted by atomic mass is 9.98. The van der Waals surface area contributed by atoms with Gasteiger partial charge in [0.25, 0.3) is 11.5 Å². The fraction of sp³-hybridized carbons (Fsp3) is 0.355. The Balaban J connectivity index is 1.53. The quantitative estimate of drug-likeness (QED) is 0.301. The minimum atomic E-state index is -0.672. The largest absolute Gasteiger partial charge is 0.383 e. The van der Waals surface area contributed by atoms with Crippen LogP contribution in [0.5, 0.6) is 0 Å². The summed E-state index contributed by atoms with van der Waals surface area (Å²) in [5.41, 5.74) is 2.43. The second-order valence-electron chi connectivity index (χ2n) is 11.0. The molecule has 0 unspecified atom stereocenters. The van der Waals surface area contributed by atoms with E-state index < -0.39 is 5.54 Å². The van der Waals surface area contributed by atoms with Gasteiger partial charge in [-0.2, -0.15) is 5.26 Å². The number of nitriles is 1. The van der Waals surface area contributed by atoms with Crippen LogP contribution in [0.15, 0.2) is 53.6 Å². The highest BCUT2D eigenvalue weighted by atomic mass is 35.5. The summed E-state index contributed by atoms with van der Waals surface area (Å²) in [7, 11) is 3.35. The van der Waals surface area contributed by atoms with Crippen LogP contribution in [0.1, 0.15) is 59.7 Å². The fourth-order valence-electron chi connectivity index (χ4n) is 5.50. The fourth-order valence-corrected chi connectivity index (χ4v) is 5.76. The van der Waals surface area contributed by atoms with Crippen molar-refractivity contribution in [2.75, 3.05) is 25.6 Å². The van der Waals surface area contributed by atoms with E-state index in [1.54, 1.807) is 54.2 Å². The van der Waals surface area contributed by atoms with E-state index in [0.29, 0.717) is 36.6 Å². The van der Waals surface area contributed by atoms with Crippen molar-refractivity contribution >= 4 is 34.1 Å². The Bertz CT molecular complexity index is 1750. The number of fused-ring (bicyclic) bond motifs is 1. The van der Waals surface area contributed by atoms with Crippen molar-refractivity contribution in [1.82, 2.24) is 24.4 Å². The van der Waals surface area contributed by atoms with Crippen molar-refractivity contribution in [2.45, 2.75) is 44.7 Å². The van der Waals surface area contributed by atoms with Gasteiger partial charge in [0.2, 0.25) is 0 Å². The van der Waals surface area contributed by atoms with Crippen molar-refractivity contribution < 1.29 is 9.53 Å². The SMILES string of the molecule is COC[C@@H]1CCCN1C(=O)c1cc(Cc2ccc3c(c2)c(NC(C)(C)c2ncccn2)cc(=O)n3C)c(C#N)c(Cl)n1. The number of halogens is 1. The summed E-state index contributed by atoms with van der Waals surface area (Å²) in [5, 5.41) is 14.2. The van der Waals surface area contributed by atoms with Gasteiger partial charge in [0, 0.05) is 50.2 Å². The zero-order valence-electron chi connectivity index (χ0n) is 24.0. The van der Waals surface area contributed by atoms with E-state index in [1.807, 2.05) is 32.0 Å². The van der Waals surface area contributed by atoms with Gasteiger partial charge in [-0.05, 0) is 68.5 Å². The van der Waals surface area contributed by atoms with Gasteiger partial charge in [0.1, 0.15) is 16.9 Å². The van der Waals surface area contributed by atoms with Crippen LogP contribution in [0.25, 0.3) is 10.9 Å². The number of nitrogens with one attached hydrogen (secondary N) is 1. The van der Waals surface area contributed by atoms with E-state index in [1.165, 1.54) is 0 Å². The number of methoxy groups -OCH3 is 1. The van der Waals surface area contributed by atoms with Crippen LogP contribution in [-0.2, 0) is 23.7 Å². The third-order valence-corrected chi connectivity index (χ3v) is 7.94. The van der Waals surface area contributed by atoms with Gasteiger partial charge in [-0.3, -0.25) is 9.59 Å². The zero-order chi connectivity index (χ0) is 30.0. The molecule has 3 aromatic heterocycles. The van der Waals surface area contributed by atoms with E-state index in [-0.39, 0.29) is 33.9 Å². The minimum absolute atomic E-state index is 0.00371. The Morgan fingerprint density at radius 3 is 2.71 bits per heavy atom. The molecule has 0 saturated carbocycles. The standard InChI is InChI=1S/C31H32ClN7O3/c1-31(2,30-34-10-6-11-35-30)37-24-16-27(40)38(3)26-9-8-19(14-22(24)26)13-20-15-25(36-28(32)23(20)17-33)29(41)39-12-5-7-21(39)18-42-4/h6,8-11,14-16,21,37H,5,7,12-13,18H2,1-4H3/t21-/m0/s1. The molecule has 1 saturated heterocycles. The number of anilines is 1. The molecule has 0 radical (unpaired) electrons. The molecule has 1 aliphatic heterocycles. The van der Waals surface area contributed by atoms with Gasteiger partial charge < -0.3 is 19.5 Å². The normalized spacial score (nSPS) is 15.1. The molecule has 0 aliphatic carbocycles. The third kappa shape index (κ3) is 5.71. The van der Waals surface area contributed by atoms with Crippen LogP contribution in [-0.4, -0.2) is 56.6 Å². The Morgan fingerprint density at radius 2 is 2.00 bits per heavy atom. The summed E-state index contributed by atoms with van der Waals surface area (Å²) in [5.74, 6) is 0.357. The summed E-state index contributed by atoms with van der Waals surface area (Å²) >= 11 is 6.45. The molecule has 1 N–H and O–H groups in total. The van der Waals surface area contributed by atoms with Gasteiger partial charge in [-0.1, -0.05) is 17.7 Å². The number of nitrogens with zero attached hydrogens (tertiary/aromatic N) is 6. The minimum Gasteiger partial charge on any atom is -0.383 e. The number of aromatic nitrogens is 4. The van der Waals surface area contributed by atoms with E-state index in [4.69, 9.17) is 16.3 Å². The molecule has 11 heteroatoms. The molecule has 4 heterocycles. The number of carbonyl (C=O) groups is 1. The molecule has 1 aromatic carbocycles. The molecule has 5 rings (SSSR count). The van der Waals surface area contributed by atoms with Crippen molar-refractivity contribution in [3.05, 3.63) is 92.5 Å². The number of rotatable bonds is 8. The average molecular weight is 586 g/mol. The van der Waals surface area contributed by atoms with Gasteiger partial charge >= 0.3 is 0 Å². The average Bonchev–Trinajstić information content (AvgIpc) is 3.44. The molecular weight excluding hydrogens is 554 g/mol. The van der Waals surface area contributed by atoms with Gasteiger partial charge in [-0.25, -0.2) is 15.0 Å². The van der Waals surface area contributed by atoms with Gasteiger partial charge in [-0.15, -0.1) is 0 Å². The topological polar surface area (TPSA) is 126 Å². The highest BCUT2D eigenvalue weighted by molar-refractivity contribution is 6.30. The summed E-state index contributed by atoms with van der Waals surface area (Å²) in [6.45, 7) is 4.96. The summed E-state index contributed by atoms with van der Waals surface area (Å²) in [4.78, 5) is 41.1. The van der Waals surface area contributed by atoms with Crippen molar-refractivity contribution in [1.29, 1.82) is 5.26 Å². The molecule has 216 valence electrons. The number of hydrogen-bond donors (Lipinski definition) is 1. The maximum atomic E-state index is 13.4. The number of ether oxygens (including phenoxy) is 1. The second-order valence-corrected chi connectivity index (χ2v) is 11.4. The summed E-state index contributed by atoms with van der Waals surface area (Å²) < 4.78 is 6.89. The lowest BCUT2D eigenvalue weighted by Gasteiger charge is -2.27. The van der Waals surface area contributed by atoms with Crippen LogP contribution in [0.4, 0.5) is 5.69 Å². The van der Waals surface area contributed by atoms with Crippen molar-refractivity contribution in [3.8, 4) is 6.07 Å². The van der Waals surface area contributed by atoms with Gasteiger partial charge in [0.05, 0.1) is 29.3 Å². The Hall–Kier alpha value is -4.33. The molecule has 10 nitrogen and oxygen atoms in total.